The third-order valence-corrected chi connectivity index (χ3v) is 6.65. The van der Waals surface area contributed by atoms with Crippen molar-refractivity contribution in [2.45, 2.75) is 58.4 Å². The summed E-state index contributed by atoms with van der Waals surface area (Å²) in [6.07, 6.45) is 6.88. The number of hydrogen-bond acceptors (Lipinski definition) is 4. The SMILES string of the molecule is Cc1cc(C)c2nc(N3CCC[C@@H](C(=O)NC4CCCC4)C3)sc2c1. The van der Waals surface area contributed by atoms with Gasteiger partial charge in [0, 0.05) is 19.1 Å². The molecule has 2 aromatic rings. The number of thiazole rings is 1. The lowest BCUT2D eigenvalue weighted by Crippen LogP contribution is -2.45. The highest BCUT2D eigenvalue weighted by molar-refractivity contribution is 7.22. The Morgan fingerprint density at radius 1 is 1.20 bits per heavy atom. The Hall–Kier alpha value is -1.62. The van der Waals surface area contributed by atoms with Crippen LogP contribution in [0, 0.1) is 19.8 Å². The summed E-state index contributed by atoms with van der Waals surface area (Å²) in [5.74, 6) is 0.355. The lowest BCUT2D eigenvalue weighted by molar-refractivity contribution is -0.125. The standard InChI is InChI=1S/C20H27N3OS/c1-13-10-14(2)18-17(11-13)25-20(22-18)23-9-5-6-15(12-23)19(24)21-16-7-3-4-8-16/h10-11,15-16H,3-9,12H2,1-2H3,(H,21,24)/t15-/m1/s1. The Morgan fingerprint density at radius 2 is 2.00 bits per heavy atom. The molecule has 1 aliphatic heterocycles. The fourth-order valence-electron chi connectivity index (χ4n) is 4.25. The van der Waals surface area contributed by atoms with E-state index < -0.39 is 0 Å². The van der Waals surface area contributed by atoms with Crippen LogP contribution in [0.15, 0.2) is 12.1 Å². The molecule has 1 aromatic carbocycles. The molecule has 2 heterocycles. The zero-order valence-electron chi connectivity index (χ0n) is 15.2. The van der Waals surface area contributed by atoms with Crippen LogP contribution in [0.4, 0.5) is 5.13 Å². The lowest BCUT2D eigenvalue weighted by Gasteiger charge is -2.32. The van der Waals surface area contributed by atoms with Crippen LogP contribution in [0.2, 0.25) is 0 Å². The van der Waals surface area contributed by atoms with Crippen LogP contribution >= 0.6 is 11.3 Å². The second kappa shape index (κ2) is 6.94. The lowest BCUT2D eigenvalue weighted by atomic mass is 9.97. The van der Waals surface area contributed by atoms with Crippen LogP contribution in [0.5, 0.6) is 0 Å². The predicted molar refractivity (Wildman–Crippen MR) is 104 cm³/mol. The van der Waals surface area contributed by atoms with Crippen molar-refractivity contribution in [1.82, 2.24) is 10.3 Å². The van der Waals surface area contributed by atoms with Crippen molar-refractivity contribution >= 4 is 32.6 Å². The molecule has 134 valence electrons. The van der Waals surface area contributed by atoms with Gasteiger partial charge in [-0.3, -0.25) is 4.79 Å². The molecule has 25 heavy (non-hydrogen) atoms. The molecule has 1 aromatic heterocycles. The molecule has 0 bridgehead atoms. The monoisotopic (exact) mass is 357 g/mol. The molecule has 5 heteroatoms. The number of anilines is 1. The van der Waals surface area contributed by atoms with Crippen molar-refractivity contribution in [3.63, 3.8) is 0 Å². The zero-order valence-corrected chi connectivity index (χ0v) is 16.0. The van der Waals surface area contributed by atoms with Gasteiger partial charge in [-0.25, -0.2) is 4.98 Å². The number of nitrogens with zero attached hydrogens (tertiary/aromatic N) is 2. The van der Waals surface area contributed by atoms with E-state index in [1.54, 1.807) is 11.3 Å². The fraction of sp³-hybridized carbons (Fsp3) is 0.600. The fourth-order valence-corrected chi connectivity index (χ4v) is 5.42. The van der Waals surface area contributed by atoms with Gasteiger partial charge in [-0.1, -0.05) is 30.2 Å². The summed E-state index contributed by atoms with van der Waals surface area (Å²) in [5.41, 5.74) is 3.64. The first-order chi connectivity index (χ1) is 12.1. The predicted octanol–water partition coefficient (Wildman–Crippen LogP) is 4.19. The van der Waals surface area contributed by atoms with E-state index >= 15 is 0 Å². The number of carbonyl (C=O) groups is 1. The molecule has 1 N–H and O–H groups in total. The summed E-state index contributed by atoms with van der Waals surface area (Å²) in [7, 11) is 0. The maximum Gasteiger partial charge on any atom is 0.225 e. The number of carbonyl (C=O) groups excluding carboxylic acids is 1. The number of hydrogen-bond donors (Lipinski definition) is 1. The van der Waals surface area contributed by atoms with Gasteiger partial charge in [0.2, 0.25) is 5.91 Å². The Kier molecular flexibility index (Phi) is 4.67. The summed E-state index contributed by atoms with van der Waals surface area (Å²) >= 11 is 1.76. The van der Waals surface area contributed by atoms with Crippen LogP contribution in [-0.4, -0.2) is 30.0 Å². The maximum absolute atomic E-state index is 12.6. The first-order valence-corrected chi connectivity index (χ1v) is 10.3. The quantitative estimate of drug-likeness (QED) is 0.896. The van der Waals surface area contributed by atoms with Crippen molar-refractivity contribution < 1.29 is 4.79 Å². The third kappa shape index (κ3) is 3.52. The molecule has 0 unspecified atom stereocenters. The summed E-state index contributed by atoms with van der Waals surface area (Å²) in [6, 6.07) is 4.83. The van der Waals surface area contributed by atoms with E-state index in [0.717, 1.165) is 49.4 Å². The molecule has 1 saturated carbocycles. The topological polar surface area (TPSA) is 45.2 Å². The third-order valence-electron chi connectivity index (χ3n) is 5.58. The van der Waals surface area contributed by atoms with Crippen LogP contribution in [0.1, 0.15) is 49.7 Å². The molecule has 1 saturated heterocycles. The number of nitrogens with one attached hydrogen (secondary N) is 1. The van der Waals surface area contributed by atoms with E-state index in [2.05, 4.69) is 36.2 Å². The second-order valence-corrected chi connectivity index (χ2v) is 8.71. The largest absolute Gasteiger partial charge is 0.353 e. The highest BCUT2D eigenvalue weighted by Gasteiger charge is 2.29. The summed E-state index contributed by atoms with van der Waals surface area (Å²) in [6.45, 7) is 6.07. The molecule has 1 amide bonds. The smallest absolute Gasteiger partial charge is 0.225 e. The minimum Gasteiger partial charge on any atom is -0.353 e. The molecule has 2 fully saturated rings. The highest BCUT2D eigenvalue weighted by atomic mass is 32.1. The number of fused-ring (bicyclic) bond motifs is 1. The normalized spacial score (nSPS) is 21.8. The molecular formula is C20H27N3OS. The van der Waals surface area contributed by atoms with Crippen molar-refractivity contribution in [2.75, 3.05) is 18.0 Å². The van der Waals surface area contributed by atoms with Crippen LogP contribution in [0.3, 0.4) is 0 Å². The first-order valence-electron chi connectivity index (χ1n) is 9.53. The van der Waals surface area contributed by atoms with E-state index in [4.69, 9.17) is 4.98 Å². The number of piperidine rings is 1. The van der Waals surface area contributed by atoms with Crippen molar-refractivity contribution in [3.8, 4) is 0 Å². The molecular weight excluding hydrogens is 330 g/mol. The van der Waals surface area contributed by atoms with Gasteiger partial charge in [0.25, 0.3) is 0 Å². The van der Waals surface area contributed by atoms with Crippen molar-refractivity contribution in [2.24, 2.45) is 5.92 Å². The van der Waals surface area contributed by atoms with Gasteiger partial charge in [0.1, 0.15) is 0 Å². The molecule has 0 spiro atoms. The van der Waals surface area contributed by atoms with Gasteiger partial charge >= 0.3 is 0 Å². The molecule has 1 atom stereocenters. The zero-order chi connectivity index (χ0) is 17.4. The molecule has 4 nitrogen and oxygen atoms in total. The Bertz CT molecular complexity index is 779. The number of aromatic nitrogens is 1. The Balaban J connectivity index is 1.49. The molecule has 1 aliphatic carbocycles. The van der Waals surface area contributed by atoms with Crippen LogP contribution in [0.25, 0.3) is 10.2 Å². The van der Waals surface area contributed by atoms with Gasteiger partial charge < -0.3 is 10.2 Å². The van der Waals surface area contributed by atoms with Gasteiger partial charge in [0.15, 0.2) is 5.13 Å². The molecule has 4 rings (SSSR count). The van der Waals surface area contributed by atoms with E-state index in [-0.39, 0.29) is 11.8 Å². The van der Waals surface area contributed by atoms with Gasteiger partial charge in [-0.2, -0.15) is 0 Å². The van der Waals surface area contributed by atoms with E-state index in [1.165, 1.54) is 28.7 Å². The number of benzene rings is 1. The van der Waals surface area contributed by atoms with Crippen molar-refractivity contribution in [3.05, 3.63) is 23.3 Å². The van der Waals surface area contributed by atoms with Gasteiger partial charge in [0.05, 0.1) is 16.1 Å². The van der Waals surface area contributed by atoms with E-state index in [1.807, 2.05) is 0 Å². The maximum atomic E-state index is 12.6. The minimum atomic E-state index is 0.101. The van der Waals surface area contributed by atoms with Gasteiger partial charge in [-0.05, 0) is 56.7 Å². The number of aryl methyl sites for hydroxylation is 2. The Labute approximate surface area is 153 Å². The number of rotatable bonds is 3. The average molecular weight is 358 g/mol. The summed E-state index contributed by atoms with van der Waals surface area (Å²) < 4.78 is 1.25. The Morgan fingerprint density at radius 3 is 2.80 bits per heavy atom. The highest BCUT2D eigenvalue weighted by Crippen LogP contribution is 2.33. The summed E-state index contributed by atoms with van der Waals surface area (Å²) in [4.78, 5) is 19.9. The van der Waals surface area contributed by atoms with E-state index in [0.29, 0.717) is 6.04 Å². The molecule has 2 aliphatic rings. The van der Waals surface area contributed by atoms with Crippen LogP contribution in [-0.2, 0) is 4.79 Å². The second-order valence-electron chi connectivity index (χ2n) is 7.70. The average Bonchev–Trinajstić information content (AvgIpc) is 3.24. The van der Waals surface area contributed by atoms with Crippen LogP contribution < -0.4 is 10.2 Å². The first kappa shape index (κ1) is 16.8. The minimum absolute atomic E-state index is 0.101. The molecule has 0 radical (unpaired) electrons. The number of amides is 1. The van der Waals surface area contributed by atoms with E-state index in [9.17, 15) is 4.79 Å². The van der Waals surface area contributed by atoms with Crippen molar-refractivity contribution in [1.29, 1.82) is 0 Å². The van der Waals surface area contributed by atoms with Gasteiger partial charge in [-0.15, -0.1) is 0 Å². The summed E-state index contributed by atoms with van der Waals surface area (Å²) in [5, 5.41) is 4.35.